The molecular weight excluding hydrogens is 262 g/mol. The Bertz CT molecular complexity index is 422. The van der Waals surface area contributed by atoms with Gasteiger partial charge in [-0.1, -0.05) is 6.92 Å². The highest BCUT2D eigenvalue weighted by molar-refractivity contribution is 7.13. The minimum Gasteiger partial charge on any atom is -0.481 e. The van der Waals surface area contributed by atoms with Gasteiger partial charge in [0, 0.05) is 24.9 Å². The molecule has 0 aromatic carbocycles. The van der Waals surface area contributed by atoms with Crippen LogP contribution in [-0.4, -0.2) is 47.1 Å². The van der Waals surface area contributed by atoms with Crippen LogP contribution in [0.4, 0.5) is 5.13 Å². The zero-order valence-electron chi connectivity index (χ0n) is 11.3. The molecule has 1 aromatic rings. The molecule has 5 nitrogen and oxygen atoms in total. The Hall–Kier alpha value is -1.14. The van der Waals surface area contributed by atoms with Gasteiger partial charge in [-0.2, -0.15) is 0 Å². The predicted octanol–water partition coefficient (Wildman–Crippen LogP) is 1.91. The van der Waals surface area contributed by atoms with Gasteiger partial charge in [-0.3, -0.25) is 4.79 Å². The Balaban J connectivity index is 1.73. The van der Waals surface area contributed by atoms with Crippen molar-refractivity contribution in [3.8, 4) is 0 Å². The second-order valence-electron chi connectivity index (χ2n) is 4.97. The summed E-state index contributed by atoms with van der Waals surface area (Å²) >= 11 is 1.56. The fourth-order valence-corrected chi connectivity index (χ4v) is 3.09. The van der Waals surface area contributed by atoms with Gasteiger partial charge in [-0.25, -0.2) is 4.98 Å². The van der Waals surface area contributed by atoms with E-state index in [1.165, 1.54) is 19.5 Å². The van der Waals surface area contributed by atoms with Crippen LogP contribution in [0.1, 0.15) is 25.5 Å². The first-order valence-corrected chi connectivity index (χ1v) is 7.67. The number of carboxylic acids is 1. The number of nitrogens with one attached hydrogen (secondary N) is 1. The molecule has 0 aliphatic carbocycles. The highest BCUT2D eigenvalue weighted by Crippen LogP contribution is 2.20. The smallest absolute Gasteiger partial charge is 0.303 e. The molecule has 0 radical (unpaired) electrons. The molecule has 2 rings (SSSR count). The number of aryl methyl sites for hydroxylation is 1. The number of carboxylic acid groups (broad SMARTS) is 1. The zero-order valence-corrected chi connectivity index (χ0v) is 12.1. The molecule has 1 fully saturated rings. The third kappa shape index (κ3) is 4.47. The van der Waals surface area contributed by atoms with Gasteiger partial charge in [0.1, 0.15) is 0 Å². The number of carbonyl (C=O) groups is 1. The lowest BCUT2D eigenvalue weighted by Crippen LogP contribution is -2.22. The number of likely N-dealkylation sites (tertiary alicyclic amines) is 1. The quantitative estimate of drug-likeness (QED) is 0.800. The second-order valence-corrected chi connectivity index (χ2v) is 5.82. The Morgan fingerprint density at radius 3 is 3.21 bits per heavy atom. The van der Waals surface area contributed by atoms with Crippen molar-refractivity contribution in [3.63, 3.8) is 0 Å². The maximum atomic E-state index is 10.5. The maximum absolute atomic E-state index is 10.5. The molecule has 19 heavy (non-hydrogen) atoms. The minimum absolute atomic E-state index is 0.150. The van der Waals surface area contributed by atoms with Gasteiger partial charge in [-0.05, 0) is 25.4 Å². The fraction of sp³-hybridized carbons (Fsp3) is 0.692. The van der Waals surface area contributed by atoms with Crippen LogP contribution in [0.3, 0.4) is 0 Å². The normalized spacial score (nSPS) is 19.7. The number of hydrogen-bond donors (Lipinski definition) is 2. The van der Waals surface area contributed by atoms with E-state index in [4.69, 9.17) is 5.11 Å². The molecule has 6 heteroatoms. The summed E-state index contributed by atoms with van der Waals surface area (Å²) in [4.78, 5) is 17.4. The van der Waals surface area contributed by atoms with Crippen LogP contribution in [0.2, 0.25) is 0 Å². The molecule has 1 unspecified atom stereocenters. The van der Waals surface area contributed by atoms with Crippen molar-refractivity contribution in [3.05, 3.63) is 11.1 Å². The van der Waals surface area contributed by atoms with Crippen molar-refractivity contribution in [2.24, 2.45) is 5.92 Å². The summed E-state index contributed by atoms with van der Waals surface area (Å²) in [6.45, 7) is 6.66. The van der Waals surface area contributed by atoms with Gasteiger partial charge in [0.15, 0.2) is 5.13 Å². The zero-order chi connectivity index (χ0) is 13.7. The summed E-state index contributed by atoms with van der Waals surface area (Å²) in [6.07, 6.45) is 1.91. The number of anilines is 1. The number of nitrogens with zero attached hydrogens (tertiary/aromatic N) is 2. The molecule has 1 aliphatic heterocycles. The SMILES string of the molecule is CCN1CCC(CNc2nc(CCC(=O)O)cs2)C1. The van der Waals surface area contributed by atoms with Gasteiger partial charge in [-0.15, -0.1) is 11.3 Å². The summed E-state index contributed by atoms with van der Waals surface area (Å²) < 4.78 is 0. The molecule has 1 atom stereocenters. The van der Waals surface area contributed by atoms with E-state index in [0.29, 0.717) is 12.3 Å². The first-order chi connectivity index (χ1) is 9.17. The van der Waals surface area contributed by atoms with Crippen LogP contribution >= 0.6 is 11.3 Å². The number of rotatable bonds is 7. The molecule has 0 bridgehead atoms. The van der Waals surface area contributed by atoms with Crippen LogP contribution in [-0.2, 0) is 11.2 Å². The van der Waals surface area contributed by atoms with Crippen LogP contribution in [0.25, 0.3) is 0 Å². The Morgan fingerprint density at radius 2 is 2.53 bits per heavy atom. The van der Waals surface area contributed by atoms with Crippen molar-refractivity contribution in [2.45, 2.75) is 26.2 Å². The average Bonchev–Trinajstić information content (AvgIpc) is 3.03. The van der Waals surface area contributed by atoms with E-state index in [9.17, 15) is 4.79 Å². The topological polar surface area (TPSA) is 65.5 Å². The summed E-state index contributed by atoms with van der Waals surface area (Å²) in [6, 6.07) is 0. The average molecular weight is 283 g/mol. The third-order valence-corrected chi connectivity index (χ3v) is 4.35. The summed E-state index contributed by atoms with van der Waals surface area (Å²) in [5, 5.41) is 14.9. The van der Waals surface area contributed by atoms with Crippen molar-refractivity contribution >= 4 is 22.4 Å². The third-order valence-electron chi connectivity index (χ3n) is 3.51. The molecule has 1 aliphatic rings. The Morgan fingerprint density at radius 1 is 1.68 bits per heavy atom. The van der Waals surface area contributed by atoms with E-state index in [-0.39, 0.29) is 6.42 Å². The monoisotopic (exact) mass is 283 g/mol. The highest BCUT2D eigenvalue weighted by atomic mass is 32.1. The van der Waals surface area contributed by atoms with Crippen LogP contribution in [0, 0.1) is 5.92 Å². The second kappa shape index (κ2) is 6.86. The van der Waals surface area contributed by atoms with Gasteiger partial charge in [0.25, 0.3) is 0 Å². The molecule has 0 spiro atoms. The molecular formula is C13H21N3O2S. The number of aliphatic carboxylic acids is 1. The van der Waals surface area contributed by atoms with Gasteiger partial charge in [0.2, 0.25) is 0 Å². The van der Waals surface area contributed by atoms with Crippen molar-refractivity contribution in [1.82, 2.24) is 9.88 Å². The maximum Gasteiger partial charge on any atom is 0.303 e. The molecule has 1 saturated heterocycles. The number of hydrogen-bond acceptors (Lipinski definition) is 5. The molecule has 0 saturated carbocycles. The summed E-state index contributed by atoms with van der Waals surface area (Å²) in [5.41, 5.74) is 0.872. The van der Waals surface area contributed by atoms with E-state index >= 15 is 0 Å². The van der Waals surface area contributed by atoms with E-state index < -0.39 is 5.97 Å². The first kappa shape index (κ1) is 14.3. The van der Waals surface area contributed by atoms with Crippen LogP contribution in [0.5, 0.6) is 0 Å². The Kier molecular flexibility index (Phi) is 5.15. The van der Waals surface area contributed by atoms with E-state index in [0.717, 1.165) is 23.9 Å². The van der Waals surface area contributed by atoms with Crippen molar-refractivity contribution in [1.29, 1.82) is 0 Å². The lowest BCUT2D eigenvalue weighted by atomic mass is 10.1. The lowest BCUT2D eigenvalue weighted by molar-refractivity contribution is -0.136. The number of thiazole rings is 1. The molecule has 0 amide bonds. The summed E-state index contributed by atoms with van der Waals surface area (Å²) in [7, 11) is 0. The van der Waals surface area contributed by atoms with Gasteiger partial charge < -0.3 is 15.3 Å². The molecule has 2 heterocycles. The van der Waals surface area contributed by atoms with E-state index in [1.807, 2.05) is 5.38 Å². The van der Waals surface area contributed by atoms with E-state index in [2.05, 4.69) is 22.1 Å². The fourth-order valence-electron chi connectivity index (χ4n) is 2.34. The number of aromatic nitrogens is 1. The standard InChI is InChI=1S/C13H21N3O2S/c1-2-16-6-5-10(8-16)7-14-13-15-11(9-19-13)3-4-12(17)18/h9-10H,2-8H2,1H3,(H,14,15)(H,17,18). The minimum atomic E-state index is -0.770. The van der Waals surface area contributed by atoms with Crippen molar-refractivity contribution < 1.29 is 9.90 Å². The molecule has 106 valence electrons. The molecule has 1 aromatic heterocycles. The highest BCUT2D eigenvalue weighted by Gasteiger charge is 2.20. The van der Waals surface area contributed by atoms with E-state index in [1.54, 1.807) is 11.3 Å². The first-order valence-electron chi connectivity index (χ1n) is 6.79. The predicted molar refractivity (Wildman–Crippen MR) is 76.8 cm³/mol. The molecule has 2 N–H and O–H groups in total. The lowest BCUT2D eigenvalue weighted by Gasteiger charge is -2.13. The van der Waals surface area contributed by atoms with Crippen molar-refractivity contribution in [2.75, 3.05) is 31.5 Å². The summed E-state index contributed by atoms with van der Waals surface area (Å²) in [5.74, 6) is -0.0700. The van der Waals surface area contributed by atoms with Gasteiger partial charge >= 0.3 is 5.97 Å². The largest absolute Gasteiger partial charge is 0.481 e. The van der Waals surface area contributed by atoms with Gasteiger partial charge in [0.05, 0.1) is 12.1 Å². The van der Waals surface area contributed by atoms with Crippen LogP contribution < -0.4 is 5.32 Å². The Labute approximate surface area is 117 Å². The van der Waals surface area contributed by atoms with Crippen LogP contribution in [0.15, 0.2) is 5.38 Å².